The molecule has 3 aromatic carbocycles. The normalized spacial score (nSPS) is 11.3. The Morgan fingerprint density at radius 3 is 2.46 bits per heavy atom. The van der Waals surface area contributed by atoms with Gasteiger partial charge in [0.15, 0.2) is 0 Å². The monoisotopic (exact) mass is 493 g/mol. The number of methoxy groups -OCH3 is 1. The van der Waals surface area contributed by atoms with Crippen LogP contribution in [0.5, 0.6) is 11.5 Å². The van der Waals surface area contributed by atoms with Crippen molar-refractivity contribution in [3.8, 4) is 17.6 Å². The molecule has 0 fully saturated rings. The highest BCUT2D eigenvalue weighted by Crippen LogP contribution is 2.29. The molecule has 0 unspecified atom stereocenters. The average Bonchev–Trinajstić information content (AvgIpc) is 2.82. The highest BCUT2D eigenvalue weighted by molar-refractivity contribution is 7.87. The van der Waals surface area contributed by atoms with Crippen LogP contribution in [0.1, 0.15) is 11.1 Å². The van der Waals surface area contributed by atoms with Gasteiger partial charge in [0.2, 0.25) is 0 Å². The Balaban J connectivity index is 1.85. The van der Waals surface area contributed by atoms with Crippen molar-refractivity contribution in [2.45, 2.75) is 11.8 Å². The second-order valence-electron chi connectivity index (χ2n) is 7.19. The Labute approximate surface area is 201 Å². The fourth-order valence-electron chi connectivity index (χ4n) is 2.95. The summed E-state index contributed by atoms with van der Waals surface area (Å²) in [7, 11) is -2.76. The van der Waals surface area contributed by atoms with E-state index >= 15 is 0 Å². The quantitative estimate of drug-likeness (QED) is 0.161. The highest BCUT2D eigenvalue weighted by Gasteiger charge is 2.18. The molecule has 1 amide bonds. The number of benzene rings is 3. The van der Waals surface area contributed by atoms with Crippen molar-refractivity contribution >= 4 is 33.5 Å². The molecule has 0 aliphatic rings. The number of aryl methyl sites for hydroxylation is 1. The molecule has 0 heterocycles. The van der Waals surface area contributed by atoms with Crippen molar-refractivity contribution in [1.82, 2.24) is 0 Å². The van der Waals surface area contributed by atoms with Gasteiger partial charge >= 0.3 is 10.1 Å². The van der Waals surface area contributed by atoms with Crippen LogP contribution >= 0.6 is 0 Å². The van der Waals surface area contributed by atoms with E-state index in [4.69, 9.17) is 8.92 Å². The minimum absolute atomic E-state index is 0.00845. The molecule has 3 rings (SSSR count). The molecule has 178 valence electrons. The summed E-state index contributed by atoms with van der Waals surface area (Å²) in [5.74, 6) is -0.694. The Morgan fingerprint density at radius 1 is 1.11 bits per heavy atom. The number of nitro benzene ring substituents is 1. The predicted molar refractivity (Wildman–Crippen MR) is 127 cm³/mol. The van der Waals surface area contributed by atoms with Gasteiger partial charge in [-0.05, 0) is 48.9 Å². The minimum atomic E-state index is -4.09. The molecular weight excluding hydrogens is 474 g/mol. The number of ether oxygens (including phenoxy) is 1. The van der Waals surface area contributed by atoms with Crippen molar-refractivity contribution in [3.63, 3.8) is 0 Å². The fourth-order valence-corrected chi connectivity index (χ4v) is 3.87. The number of rotatable bonds is 8. The van der Waals surface area contributed by atoms with Gasteiger partial charge in [-0.15, -0.1) is 0 Å². The molecule has 0 spiro atoms. The number of amides is 1. The van der Waals surface area contributed by atoms with Gasteiger partial charge in [-0.2, -0.15) is 13.7 Å². The molecule has 35 heavy (non-hydrogen) atoms. The van der Waals surface area contributed by atoms with Gasteiger partial charge in [-0.3, -0.25) is 14.9 Å². The number of nitro groups is 1. The molecule has 0 aliphatic carbocycles. The molecule has 0 bridgehead atoms. The molecule has 1 N–H and O–H groups in total. The number of nitriles is 1. The van der Waals surface area contributed by atoms with E-state index in [1.807, 2.05) is 6.92 Å². The van der Waals surface area contributed by atoms with Crippen LogP contribution in [0.3, 0.4) is 0 Å². The lowest BCUT2D eigenvalue weighted by Crippen LogP contribution is -2.14. The van der Waals surface area contributed by atoms with Crippen molar-refractivity contribution in [1.29, 1.82) is 5.26 Å². The molecule has 3 aromatic rings. The maximum atomic E-state index is 12.7. The summed E-state index contributed by atoms with van der Waals surface area (Å²) < 4.78 is 35.4. The number of nitrogens with zero attached hydrogens (tertiary/aromatic N) is 2. The van der Waals surface area contributed by atoms with Gasteiger partial charge in [0.05, 0.1) is 17.7 Å². The molecule has 0 saturated heterocycles. The summed E-state index contributed by atoms with van der Waals surface area (Å²) in [5.41, 5.74) is 0.606. The van der Waals surface area contributed by atoms with Gasteiger partial charge in [0.1, 0.15) is 28.0 Å². The van der Waals surface area contributed by atoms with Crippen molar-refractivity contribution in [3.05, 3.63) is 93.5 Å². The van der Waals surface area contributed by atoms with Crippen LogP contribution in [-0.2, 0) is 14.9 Å². The number of hydrogen-bond acceptors (Lipinski definition) is 8. The lowest BCUT2D eigenvalue weighted by atomic mass is 10.1. The number of anilines is 1. The lowest BCUT2D eigenvalue weighted by Gasteiger charge is -2.10. The van der Waals surface area contributed by atoms with E-state index in [1.54, 1.807) is 24.3 Å². The standard InChI is InChI=1S/C24H19N3O7S/c1-16-6-9-21(10-7-16)35(31,32)34-20-5-3-4-17(13-20)12-18(15-25)24(28)26-22-14-19(27(29)30)8-11-23(22)33-2/h3-14H,1-2H3,(H,26,28)/b18-12+. The summed E-state index contributed by atoms with van der Waals surface area (Å²) in [6.07, 6.45) is 1.23. The molecule has 0 saturated carbocycles. The maximum Gasteiger partial charge on any atom is 0.339 e. The minimum Gasteiger partial charge on any atom is -0.495 e. The third kappa shape index (κ3) is 6.21. The largest absolute Gasteiger partial charge is 0.495 e. The van der Waals surface area contributed by atoms with E-state index in [9.17, 15) is 28.6 Å². The van der Waals surface area contributed by atoms with Crippen LogP contribution in [0.2, 0.25) is 0 Å². The summed E-state index contributed by atoms with van der Waals surface area (Å²) in [6.45, 7) is 1.82. The number of carbonyl (C=O) groups is 1. The van der Waals surface area contributed by atoms with Crippen molar-refractivity contribution in [2.24, 2.45) is 0 Å². The number of non-ortho nitro benzene ring substituents is 1. The first-order valence-electron chi connectivity index (χ1n) is 10.00. The topological polar surface area (TPSA) is 149 Å². The Morgan fingerprint density at radius 2 is 1.83 bits per heavy atom. The second kappa shape index (κ2) is 10.5. The molecule has 0 radical (unpaired) electrons. The zero-order chi connectivity index (χ0) is 25.6. The first-order chi connectivity index (χ1) is 16.6. The van der Waals surface area contributed by atoms with E-state index in [0.717, 1.165) is 11.6 Å². The number of carbonyl (C=O) groups excluding carboxylic acids is 1. The van der Waals surface area contributed by atoms with Crippen LogP contribution in [0.15, 0.2) is 77.2 Å². The first kappa shape index (κ1) is 24.9. The smallest absolute Gasteiger partial charge is 0.339 e. The molecule has 0 atom stereocenters. The Bertz CT molecular complexity index is 1460. The van der Waals surface area contributed by atoms with Crippen LogP contribution < -0.4 is 14.2 Å². The van der Waals surface area contributed by atoms with E-state index < -0.39 is 20.9 Å². The Hall–Kier alpha value is -4.69. The average molecular weight is 493 g/mol. The first-order valence-corrected chi connectivity index (χ1v) is 11.4. The SMILES string of the molecule is COc1ccc([N+](=O)[O-])cc1NC(=O)/C(C#N)=C/c1cccc(OS(=O)(=O)c2ccc(C)cc2)c1. The van der Waals surface area contributed by atoms with E-state index in [-0.39, 0.29) is 33.3 Å². The van der Waals surface area contributed by atoms with Gasteiger partial charge in [0, 0.05) is 12.1 Å². The number of nitrogens with one attached hydrogen (secondary N) is 1. The lowest BCUT2D eigenvalue weighted by molar-refractivity contribution is -0.384. The molecular formula is C24H19N3O7S. The summed E-state index contributed by atoms with van der Waals surface area (Å²) in [4.78, 5) is 23.1. The van der Waals surface area contributed by atoms with Gasteiger partial charge < -0.3 is 14.2 Å². The van der Waals surface area contributed by atoms with Crippen LogP contribution in [0.25, 0.3) is 6.08 Å². The van der Waals surface area contributed by atoms with E-state index in [0.29, 0.717) is 5.56 Å². The van der Waals surface area contributed by atoms with E-state index in [1.165, 1.54) is 55.7 Å². The second-order valence-corrected chi connectivity index (χ2v) is 8.73. The summed E-state index contributed by atoms with van der Waals surface area (Å²) in [6, 6.07) is 17.4. The highest BCUT2D eigenvalue weighted by atomic mass is 32.2. The maximum absolute atomic E-state index is 12.7. The van der Waals surface area contributed by atoms with Crippen molar-refractivity contribution < 1.29 is 27.1 Å². The summed E-state index contributed by atoms with van der Waals surface area (Å²) in [5, 5.41) is 22.9. The number of hydrogen-bond donors (Lipinski definition) is 1. The fraction of sp³-hybridized carbons (Fsp3) is 0.0833. The van der Waals surface area contributed by atoms with Gasteiger partial charge in [0.25, 0.3) is 11.6 Å². The zero-order valence-electron chi connectivity index (χ0n) is 18.6. The van der Waals surface area contributed by atoms with Crippen LogP contribution in [0, 0.1) is 28.4 Å². The molecule has 10 nitrogen and oxygen atoms in total. The van der Waals surface area contributed by atoms with Crippen LogP contribution in [0.4, 0.5) is 11.4 Å². The van der Waals surface area contributed by atoms with E-state index in [2.05, 4.69) is 5.32 Å². The molecule has 0 aliphatic heterocycles. The Kier molecular flexibility index (Phi) is 7.48. The van der Waals surface area contributed by atoms with Crippen LogP contribution in [-0.4, -0.2) is 26.4 Å². The molecule has 0 aromatic heterocycles. The van der Waals surface area contributed by atoms with Gasteiger partial charge in [-0.1, -0.05) is 29.8 Å². The van der Waals surface area contributed by atoms with Gasteiger partial charge in [-0.25, -0.2) is 0 Å². The third-order valence-electron chi connectivity index (χ3n) is 4.69. The molecule has 11 heteroatoms. The van der Waals surface area contributed by atoms with Crippen molar-refractivity contribution in [2.75, 3.05) is 12.4 Å². The third-order valence-corrected chi connectivity index (χ3v) is 5.95. The predicted octanol–water partition coefficient (Wildman–Crippen LogP) is 4.23. The summed E-state index contributed by atoms with van der Waals surface area (Å²) >= 11 is 0. The zero-order valence-corrected chi connectivity index (χ0v) is 19.4.